The van der Waals surface area contributed by atoms with Crippen molar-refractivity contribution in [1.29, 1.82) is 0 Å². The molecule has 2 fully saturated rings. The van der Waals surface area contributed by atoms with E-state index in [1.54, 1.807) is 6.20 Å². The zero-order valence-corrected chi connectivity index (χ0v) is 12.4. The van der Waals surface area contributed by atoms with E-state index in [1.807, 2.05) is 0 Å². The third-order valence-corrected chi connectivity index (χ3v) is 4.46. The van der Waals surface area contributed by atoms with Gasteiger partial charge in [-0.2, -0.15) is 5.10 Å². The van der Waals surface area contributed by atoms with Gasteiger partial charge >= 0.3 is 0 Å². The summed E-state index contributed by atoms with van der Waals surface area (Å²) >= 11 is 6.13. The van der Waals surface area contributed by atoms with Gasteiger partial charge in [-0.05, 0) is 32.1 Å². The first kappa shape index (κ1) is 13.9. The van der Waals surface area contributed by atoms with Gasteiger partial charge in [0.15, 0.2) is 0 Å². The molecular weight excluding hydrogens is 278 g/mol. The molecule has 20 heavy (non-hydrogen) atoms. The molecule has 0 bridgehead atoms. The molecule has 1 N–H and O–H groups in total. The fourth-order valence-corrected chi connectivity index (χ4v) is 2.75. The molecule has 6 heteroatoms. The third-order valence-electron chi connectivity index (χ3n) is 4.17. The van der Waals surface area contributed by atoms with Crippen LogP contribution in [0, 0.1) is 11.8 Å². The van der Waals surface area contributed by atoms with Crippen molar-refractivity contribution in [3.8, 4) is 0 Å². The average Bonchev–Trinajstić information content (AvgIpc) is 3.07. The Morgan fingerprint density at radius 1 is 1.55 bits per heavy atom. The van der Waals surface area contributed by atoms with E-state index in [0.29, 0.717) is 29.1 Å². The lowest BCUT2D eigenvalue weighted by molar-refractivity contribution is 0.183. The normalized spacial score (nSPS) is 23.8. The molecule has 5 nitrogen and oxygen atoms in total. The van der Waals surface area contributed by atoms with Crippen molar-refractivity contribution >= 4 is 17.3 Å². The number of nitrogens with one attached hydrogen (secondary N) is 1. The van der Waals surface area contributed by atoms with Crippen molar-refractivity contribution in [1.82, 2.24) is 9.78 Å². The van der Waals surface area contributed by atoms with Gasteiger partial charge in [-0.25, -0.2) is 4.68 Å². The molecule has 1 saturated carbocycles. The first-order valence-corrected chi connectivity index (χ1v) is 7.63. The molecule has 110 valence electrons. The summed E-state index contributed by atoms with van der Waals surface area (Å²) in [4.78, 5) is 12.4. The van der Waals surface area contributed by atoms with Crippen LogP contribution in [0.5, 0.6) is 0 Å². The fourth-order valence-electron chi connectivity index (χ4n) is 2.57. The topological polar surface area (TPSA) is 56.2 Å². The van der Waals surface area contributed by atoms with Crippen LogP contribution in [-0.4, -0.2) is 29.0 Å². The van der Waals surface area contributed by atoms with Crippen LogP contribution in [0.3, 0.4) is 0 Å². The number of halogens is 1. The minimum atomic E-state index is -0.116. The standard InChI is InChI=1S/C14H20ClN3O2/c1-9(11-4-5-20-8-11)17-13-12(15)6-16-18(14(13)19)7-10-2-3-10/h6,9-11,17H,2-5,7-8H2,1H3. The molecule has 2 unspecified atom stereocenters. The van der Waals surface area contributed by atoms with Crippen LogP contribution >= 0.6 is 11.6 Å². The van der Waals surface area contributed by atoms with Crippen LogP contribution in [0.25, 0.3) is 0 Å². The summed E-state index contributed by atoms with van der Waals surface area (Å²) < 4.78 is 6.92. The first-order chi connectivity index (χ1) is 9.65. The number of nitrogens with zero attached hydrogens (tertiary/aromatic N) is 2. The summed E-state index contributed by atoms with van der Waals surface area (Å²) in [6.45, 7) is 4.31. The molecule has 0 amide bonds. The SMILES string of the molecule is CC(Nc1c(Cl)cnn(CC2CC2)c1=O)C1CCOC1. The van der Waals surface area contributed by atoms with Gasteiger partial charge < -0.3 is 10.1 Å². The van der Waals surface area contributed by atoms with E-state index >= 15 is 0 Å². The maximum Gasteiger partial charge on any atom is 0.291 e. The maximum absolute atomic E-state index is 12.4. The van der Waals surface area contributed by atoms with Crippen molar-refractivity contribution in [2.75, 3.05) is 18.5 Å². The van der Waals surface area contributed by atoms with Crippen LogP contribution < -0.4 is 10.9 Å². The molecule has 2 atom stereocenters. The summed E-state index contributed by atoms with van der Waals surface area (Å²) in [7, 11) is 0. The number of rotatable bonds is 5. The van der Waals surface area contributed by atoms with Gasteiger partial charge in [-0.15, -0.1) is 0 Å². The molecule has 1 aromatic heterocycles. The van der Waals surface area contributed by atoms with E-state index < -0.39 is 0 Å². The van der Waals surface area contributed by atoms with Gasteiger partial charge in [0.05, 0.1) is 17.8 Å². The maximum atomic E-state index is 12.4. The fraction of sp³-hybridized carbons (Fsp3) is 0.714. The predicted molar refractivity (Wildman–Crippen MR) is 78.2 cm³/mol. The summed E-state index contributed by atoms with van der Waals surface area (Å²) in [6.07, 6.45) is 4.96. The number of hydrogen-bond acceptors (Lipinski definition) is 4. The highest BCUT2D eigenvalue weighted by molar-refractivity contribution is 6.33. The highest BCUT2D eigenvalue weighted by Gasteiger charge is 2.26. The Balaban J connectivity index is 1.78. The number of hydrogen-bond donors (Lipinski definition) is 1. The molecule has 3 rings (SSSR count). The van der Waals surface area contributed by atoms with E-state index in [1.165, 1.54) is 17.5 Å². The van der Waals surface area contributed by atoms with Crippen molar-refractivity contribution in [2.45, 2.75) is 38.8 Å². The lowest BCUT2D eigenvalue weighted by atomic mass is 10.0. The molecule has 1 aliphatic carbocycles. The van der Waals surface area contributed by atoms with Gasteiger partial charge in [-0.1, -0.05) is 11.6 Å². The van der Waals surface area contributed by atoms with Crippen LogP contribution in [0.1, 0.15) is 26.2 Å². The predicted octanol–water partition coefficient (Wildman–Crippen LogP) is 2.14. The highest BCUT2D eigenvalue weighted by atomic mass is 35.5. The second kappa shape index (κ2) is 5.74. The minimum Gasteiger partial charge on any atom is -0.381 e. The Kier molecular flexibility index (Phi) is 3.98. The van der Waals surface area contributed by atoms with Crippen LogP contribution in [0.2, 0.25) is 5.02 Å². The molecule has 1 aliphatic heterocycles. The van der Waals surface area contributed by atoms with Crippen LogP contribution in [0.15, 0.2) is 11.0 Å². The van der Waals surface area contributed by atoms with Gasteiger partial charge in [-0.3, -0.25) is 4.79 Å². The van der Waals surface area contributed by atoms with E-state index in [9.17, 15) is 4.79 Å². The average molecular weight is 298 g/mol. The number of ether oxygens (including phenoxy) is 1. The molecule has 1 aromatic rings. The summed E-state index contributed by atoms with van der Waals surface area (Å²) in [6, 6.07) is 0.166. The Morgan fingerprint density at radius 2 is 2.35 bits per heavy atom. The zero-order chi connectivity index (χ0) is 14.1. The summed E-state index contributed by atoms with van der Waals surface area (Å²) in [5.74, 6) is 1.03. The Bertz CT molecular complexity index is 536. The van der Waals surface area contributed by atoms with Crippen LogP contribution in [-0.2, 0) is 11.3 Å². The molecule has 0 spiro atoms. The molecular formula is C14H20ClN3O2. The number of aromatic nitrogens is 2. The van der Waals surface area contributed by atoms with E-state index in [4.69, 9.17) is 16.3 Å². The van der Waals surface area contributed by atoms with E-state index in [2.05, 4.69) is 17.3 Å². The van der Waals surface area contributed by atoms with E-state index in [-0.39, 0.29) is 11.6 Å². The third kappa shape index (κ3) is 2.99. The number of anilines is 1. The minimum absolute atomic E-state index is 0.116. The van der Waals surface area contributed by atoms with Crippen molar-refractivity contribution in [3.05, 3.63) is 21.6 Å². The van der Waals surface area contributed by atoms with E-state index in [0.717, 1.165) is 19.6 Å². The highest BCUT2D eigenvalue weighted by Crippen LogP contribution is 2.30. The molecule has 2 heterocycles. The summed E-state index contributed by atoms with van der Waals surface area (Å²) in [5.41, 5.74) is 0.358. The monoisotopic (exact) mass is 297 g/mol. The summed E-state index contributed by atoms with van der Waals surface area (Å²) in [5, 5.41) is 7.80. The lowest BCUT2D eigenvalue weighted by Crippen LogP contribution is -2.33. The zero-order valence-electron chi connectivity index (χ0n) is 11.6. The lowest BCUT2D eigenvalue weighted by Gasteiger charge is -2.21. The Labute approximate surface area is 123 Å². The van der Waals surface area contributed by atoms with Gasteiger partial charge in [0, 0.05) is 25.1 Å². The van der Waals surface area contributed by atoms with Crippen molar-refractivity contribution < 1.29 is 4.74 Å². The largest absolute Gasteiger partial charge is 0.381 e. The second-order valence-corrected chi connectivity index (χ2v) is 6.26. The van der Waals surface area contributed by atoms with Gasteiger partial charge in [0.1, 0.15) is 5.69 Å². The first-order valence-electron chi connectivity index (χ1n) is 7.25. The van der Waals surface area contributed by atoms with Crippen LogP contribution in [0.4, 0.5) is 5.69 Å². The molecule has 0 radical (unpaired) electrons. The Morgan fingerprint density at radius 3 is 3.00 bits per heavy atom. The molecule has 2 aliphatic rings. The quantitative estimate of drug-likeness (QED) is 0.905. The second-order valence-electron chi connectivity index (χ2n) is 5.85. The van der Waals surface area contributed by atoms with Gasteiger partial charge in [0.25, 0.3) is 5.56 Å². The Hall–Kier alpha value is -1.07. The molecule has 0 aromatic carbocycles. The van der Waals surface area contributed by atoms with Gasteiger partial charge in [0.2, 0.25) is 0 Å². The smallest absolute Gasteiger partial charge is 0.291 e. The van der Waals surface area contributed by atoms with Crippen molar-refractivity contribution in [2.24, 2.45) is 11.8 Å². The molecule has 1 saturated heterocycles. The van der Waals surface area contributed by atoms with Crippen molar-refractivity contribution in [3.63, 3.8) is 0 Å².